The summed E-state index contributed by atoms with van der Waals surface area (Å²) in [5.41, 5.74) is 0.571. The Hall–Kier alpha value is -3.34. The van der Waals surface area contributed by atoms with Gasteiger partial charge in [0.15, 0.2) is 0 Å². The van der Waals surface area contributed by atoms with E-state index in [0.717, 1.165) is 5.56 Å². The quantitative estimate of drug-likeness (QED) is 0.498. The molecule has 0 fully saturated rings. The number of ether oxygens (including phenoxy) is 1. The molecule has 0 saturated heterocycles. The molecule has 2 N–H and O–H groups in total. The lowest BCUT2D eigenvalue weighted by Crippen LogP contribution is -2.54. The fourth-order valence-electron chi connectivity index (χ4n) is 3.41. The summed E-state index contributed by atoms with van der Waals surface area (Å²) in [5.74, 6) is -0.894. The molecule has 0 aliphatic rings. The third kappa shape index (κ3) is 9.26. The van der Waals surface area contributed by atoms with Crippen LogP contribution < -0.4 is 10.6 Å². The van der Waals surface area contributed by atoms with Gasteiger partial charge in [-0.25, -0.2) is 4.79 Å². The topological polar surface area (TPSA) is 112 Å². The minimum absolute atomic E-state index is 0.0554. The van der Waals surface area contributed by atoms with Gasteiger partial charge in [0.05, 0.1) is 6.07 Å². The van der Waals surface area contributed by atoms with E-state index in [2.05, 4.69) is 17.2 Å². The fraction of sp³-hybridized carbons (Fsp3) is 0.538. The van der Waals surface area contributed by atoms with Crippen LogP contribution in [-0.2, 0) is 14.3 Å². The number of nitrogens with zero attached hydrogens (tertiary/aromatic N) is 2. The summed E-state index contributed by atoms with van der Waals surface area (Å²) in [5, 5.41) is 15.0. The second-order valence-corrected chi connectivity index (χ2v) is 9.89. The summed E-state index contributed by atoms with van der Waals surface area (Å²) in [7, 11) is 0. The molecule has 2 unspecified atom stereocenters. The maximum Gasteiger partial charge on any atom is 0.408 e. The normalized spacial score (nSPS) is 12.9. The molecule has 0 heterocycles. The largest absolute Gasteiger partial charge is 0.444 e. The van der Waals surface area contributed by atoms with Crippen LogP contribution in [0.2, 0.25) is 0 Å². The molecule has 0 aliphatic carbocycles. The van der Waals surface area contributed by atoms with E-state index in [0.29, 0.717) is 12.0 Å². The maximum atomic E-state index is 13.7. The molecule has 8 heteroatoms. The van der Waals surface area contributed by atoms with Gasteiger partial charge in [0, 0.05) is 6.04 Å². The highest BCUT2D eigenvalue weighted by atomic mass is 16.6. The van der Waals surface area contributed by atoms with Crippen LogP contribution in [0, 0.1) is 17.2 Å². The van der Waals surface area contributed by atoms with Crippen molar-refractivity contribution in [2.24, 2.45) is 5.92 Å². The van der Waals surface area contributed by atoms with Gasteiger partial charge in [0.2, 0.25) is 11.8 Å². The molecule has 3 amide bonds. The first kappa shape index (κ1) is 28.7. The molecular formula is C26H38N4O4. The molecule has 1 rings (SSSR count). The Balaban J connectivity index is 3.47. The first-order chi connectivity index (χ1) is 15.8. The second-order valence-electron chi connectivity index (χ2n) is 9.89. The number of nitriles is 1. The lowest BCUT2D eigenvalue weighted by atomic mass is 9.98. The van der Waals surface area contributed by atoms with Crippen molar-refractivity contribution >= 4 is 24.0 Å². The Morgan fingerprint density at radius 1 is 1.18 bits per heavy atom. The van der Waals surface area contributed by atoms with Crippen molar-refractivity contribution in [1.29, 1.82) is 5.26 Å². The zero-order chi connectivity index (χ0) is 26.1. The lowest BCUT2D eigenvalue weighted by molar-refractivity contribution is -0.142. The highest BCUT2D eigenvalue weighted by Gasteiger charge is 2.36. The van der Waals surface area contributed by atoms with Crippen LogP contribution in [-0.4, -0.2) is 47.0 Å². The van der Waals surface area contributed by atoms with Crippen molar-refractivity contribution in [3.05, 3.63) is 42.0 Å². The summed E-state index contributed by atoms with van der Waals surface area (Å²) in [4.78, 5) is 40.7. The minimum Gasteiger partial charge on any atom is -0.444 e. The van der Waals surface area contributed by atoms with Crippen molar-refractivity contribution in [2.45, 2.75) is 78.6 Å². The maximum absolute atomic E-state index is 13.7. The van der Waals surface area contributed by atoms with Gasteiger partial charge >= 0.3 is 6.09 Å². The van der Waals surface area contributed by atoms with E-state index < -0.39 is 35.6 Å². The summed E-state index contributed by atoms with van der Waals surface area (Å²) >= 11 is 0. The number of alkyl carbamates (subject to hydrolysis) is 1. The number of hydrogen-bond acceptors (Lipinski definition) is 5. The van der Waals surface area contributed by atoms with Gasteiger partial charge in [0.25, 0.3) is 0 Å². The van der Waals surface area contributed by atoms with Crippen molar-refractivity contribution in [3.63, 3.8) is 0 Å². The Morgan fingerprint density at radius 2 is 1.82 bits per heavy atom. The number of amides is 3. The Bertz CT molecular complexity index is 912. The zero-order valence-electron chi connectivity index (χ0n) is 21.3. The van der Waals surface area contributed by atoms with Crippen LogP contribution in [0.5, 0.6) is 0 Å². The number of carbonyl (C=O) groups excluding carboxylic acids is 3. The smallest absolute Gasteiger partial charge is 0.408 e. The van der Waals surface area contributed by atoms with Gasteiger partial charge in [0.1, 0.15) is 24.2 Å². The highest BCUT2D eigenvalue weighted by molar-refractivity contribution is 5.92. The molecule has 0 aromatic heterocycles. The number of benzene rings is 1. The van der Waals surface area contributed by atoms with Gasteiger partial charge < -0.3 is 20.3 Å². The van der Waals surface area contributed by atoms with Crippen molar-refractivity contribution in [2.75, 3.05) is 6.54 Å². The molecule has 34 heavy (non-hydrogen) atoms. The van der Waals surface area contributed by atoms with Crippen molar-refractivity contribution < 1.29 is 19.1 Å². The predicted molar refractivity (Wildman–Crippen MR) is 132 cm³/mol. The van der Waals surface area contributed by atoms with Crippen molar-refractivity contribution in [1.82, 2.24) is 15.5 Å². The van der Waals surface area contributed by atoms with E-state index >= 15 is 0 Å². The molecule has 2 atom stereocenters. The molecule has 8 nitrogen and oxygen atoms in total. The molecule has 1 aromatic carbocycles. The van der Waals surface area contributed by atoms with Gasteiger partial charge in [-0.2, -0.15) is 5.26 Å². The molecule has 186 valence electrons. The first-order valence-electron chi connectivity index (χ1n) is 11.5. The predicted octanol–water partition coefficient (Wildman–Crippen LogP) is 4.19. The van der Waals surface area contributed by atoms with Gasteiger partial charge in [-0.15, -0.1) is 0 Å². The summed E-state index contributed by atoms with van der Waals surface area (Å²) in [6.45, 7) is 16.1. The van der Waals surface area contributed by atoms with Gasteiger partial charge in [-0.3, -0.25) is 9.59 Å². The van der Waals surface area contributed by atoms with Crippen LogP contribution in [0.15, 0.2) is 30.8 Å². The summed E-state index contributed by atoms with van der Waals surface area (Å²) in [6.07, 6.45) is 1.22. The van der Waals surface area contributed by atoms with Crippen LogP contribution in [0.3, 0.4) is 0 Å². The SMILES string of the molecule is C=Cc1cccc(C(C(=O)NC(C)C)N(CC#N)C(=O)C(CC(C)C)NC(=O)OC(C)(C)C)c1. The molecule has 0 saturated carbocycles. The summed E-state index contributed by atoms with van der Waals surface area (Å²) in [6, 6.07) is 6.86. The van der Waals surface area contributed by atoms with Gasteiger partial charge in [-0.05, 0) is 64.2 Å². The van der Waals surface area contributed by atoms with Crippen LogP contribution in [0.4, 0.5) is 4.79 Å². The molecule has 0 bridgehead atoms. The first-order valence-corrected chi connectivity index (χ1v) is 11.5. The highest BCUT2D eigenvalue weighted by Crippen LogP contribution is 2.25. The number of nitrogens with one attached hydrogen (secondary N) is 2. The van der Waals surface area contributed by atoms with Crippen molar-refractivity contribution in [3.8, 4) is 6.07 Å². The average molecular weight is 471 g/mol. The van der Waals surface area contributed by atoms with Crippen LogP contribution in [0.25, 0.3) is 6.08 Å². The fourth-order valence-corrected chi connectivity index (χ4v) is 3.41. The minimum atomic E-state index is -1.07. The zero-order valence-corrected chi connectivity index (χ0v) is 21.3. The number of rotatable bonds is 10. The summed E-state index contributed by atoms with van der Waals surface area (Å²) < 4.78 is 5.34. The third-order valence-electron chi connectivity index (χ3n) is 4.67. The number of hydrogen-bond donors (Lipinski definition) is 2. The molecule has 0 spiro atoms. The van der Waals surface area contributed by atoms with E-state index in [-0.39, 0.29) is 18.5 Å². The lowest BCUT2D eigenvalue weighted by Gasteiger charge is -2.33. The van der Waals surface area contributed by atoms with Crippen LogP contribution in [0.1, 0.15) is 72.1 Å². The molecule has 0 aliphatic heterocycles. The monoisotopic (exact) mass is 470 g/mol. The standard InChI is InChI=1S/C26H38N4O4/c1-9-19-11-10-12-20(16-19)22(23(31)28-18(4)5)30(14-13-27)24(32)21(15-17(2)3)29-25(33)34-26(6,7)8/h9-12,16-18,21-22H,1,14-15H2,2-8H3,(H,28,31)(H,29,33). The molecule has 1 aromatic rings. The Morgan fingerprint density at radius 3 is 2.32 bits per heavy atom. The van der Waals surface area contributed by atoms with E-state index in [1.807, 2.05) is 39.8 Å². The third-order valence-corrected chi connectivity index (χ3v) is 4.67. The van der Waals surface area contributed by atoms with E-state index in [1.165, 1.54) is 4.90 Å². The van der Waals surface area contributed by atoms with E-state index in [1.54, 1.807) is 45.0 Å². The number of carbonyl (C=O) groups is 3. The second kappa shape index (κ2) is 12.8. The van der Waals surface area contributed by atoms with Gasteiger partial charge in [-0.1, -0.05) is 44.7 Å². The average Bonchev–Trinajstić information content (AvgIpc) is 2.70. The van der Waals surface area contributed by atoms with E-state index in [4.69, 9.17) is 4.74 Å². The van der Waals surface area contributed by atoms with Crippen LogP contribution >= 0.6 is 0 Å². The Kier molecular flexibility index (Phi) is 10.8. The molecule has 0 radical (unpaired) electrons. The Labute approximate surface area is 203 Å². The van der Waals surface area contributed by atoms with E-state index in [9.17, 15) is 19.6 Å². The molecular weight excluding hydrogens is 432 g/mol.